The van der Waals surface area contributed by atoms with Crippen molar-refractivity contribution >= 4 is 22.7 Å². The summed E-state index contributed by atoms with van der Waals surface area (Å²) in [6.45, 7) is 0. The summed E-state index contributed by atoms with van der Waals surface area (Å²) in [5.41, 5.74) is 0.453. The molecule has 0 spiro atoms. The number of pyridine rings is 2. The van der Waals surface area contributed by atoms with Crippen LogP contribution in [0.15, 0.2) is 35.4 Å². The molecule has 2 aromatic rings. The van der Waals surface area contributed by atoms with E-state index in [1.807, 2.05) is 0 Å². The van der Waals surface area contributed by atoms with Gasteiger partial charge in [-0.25, -0.2) is 4.09 Å². The first-order chi connectivity index (χ1) is 5.79. The number of hydrogen-bond donors (Lipinski definition) is 0. The molecule has 0 fully saturated rings. The Bertz CT molecular complexity index is 478. The van der Waals surface area contributed by atoms with Crippen LogP contribution in [-0.4, -0.2) is 9.07 Å². The minimum atomic E-state index is -0.227. The van der Waals surface area contributed by atoms with E-state index in [1.54, 1.807) is 24.5 Å². The quantitative estimate of drug-likeness (QED) is 0.614. The molecule has 12 heavy (non-hydrogen) atoms. The van der Waals surface area contributed by atoms with Crippen LogP contribution in [0.1, 0.15) is 0 Å². The van der Waals surface area contributed by atoms with Crippen molar-refractivity contribution in [2.45, 2.75) is 0 Å². The Morgan fingerprint density at radius 1 is 1.33 bits per heavy atom. The first-order valence-corrected chi connectivity index (χ1v) is 3.75. The van der Waals surface area contributed by atoms with Crippen LogP contribution in [0.25, 0.3) is 10.9 Å². The molecule has 2 heterocycles. The Morgan fingerprint density at radius 3 is 3.00 bits per heavy atom. The molecule has 0 saturated heterocycles. The monoisotopic (exact) mass is 180 g/mol. The van der Waals surface area contributed by atoms with Gasteiger partial charge in [0.1, 0.15) is 0 Å². The lowest BCUT2D eigenvalue weighted by Gasteiger charge is -1.98. The van der Waals surface area contributed by atoms with E-state index in [-0.39, 0.29) is 5.56 Å². The van der Waals surface area contributed by atoms with Crippen molar-refractivity contribution in [1.29, 1.82) is 0 Å². The molecular weight excluding hydrogens is 176 g/mol. The number of nitrogens with zero attached hydrogens (tertiary/aromatic N) is 2. The zero-order valence-corrected chi connectivity index (χ0v) is 6.82. The van der Waals surface area contributed by atoms with Crippen LogP contribution in [0.5, 0.6) is 0 Å². The van der Waals surface area contributed by atoms with Crippen LogP contribution in [0.2, 0.25) is 0 Å². The maximum atomic E-state index is 11.0. The molecule has 0 aliphatic heterocycles. The second kappa shape index (κ2) is 2.60. The van der Waals surface area contributed by atoms with Gasteiger partial charge in [0.05, 0.1) is 5.52 Å². The summed E-state index contributed by atoms with van der Waals surface area (Å²) in [7, 11) is 0. The highest BCUT2D eigenvalue weighted by molar-refractivity contribution is 6.18. The molecule has 4 heteroatoms. The highest BCUT2D eigenvalue weighted by Crippen LogP contribution is 2.09. The van der Waals surface area contributed by atoms with E-state index < -0.39 is 0 Å². The normalized spacial score (nSPS) is 10.4. The smallest absolute Gasteiger partial charge is 0.265 e. The minimum Gasteiger partial charge on any atom is -0.268 e. The Labute approximate surface area is 73.3 Å². The standard InChI is InChI=1S/C8H5ClN2O/c9-11-7-3-4-10-5-6(7)1-2-8(11)12/h1-5H. The molecule has 60 valence electrons. The van der Waals surface area contributed by atoms with Crippen molar-refractivity contribution in [3.05, 3.63) is 40.9 Å². The topological polar surface area (TPSA) is 34.9 Å². The fraction of sp³-hybridized carbons (Fsp3) is 0. The van der Waals surface area contributed by atoms with Crippen LogP contribution in [-0.2, 0) is 0 Å². The molecule has 0 saturated carbocycles. The molecule has 0 aliphatic carbocycles. The first kappa shape index (κ1) is 7.31. The number of aromatic nitrogens is 2. The Kier molecular flexibility index (Phi) is 1.59. The van der Waals surface area contributed by atoms with Gasteiger partial charge in [0.25, 0.3) is 5.56 Å². The number of fused-ring (bicyclic) bond motifs is 1. The summed E-state index contributed by atoms with van der Waals surface area (Å²) >= 11 is 5.70. The van der Waals surface area contributed by atoms with E-state index in [9.17, 15) is 4.79 Å². The largest absolute Gasteiger partial charge is 0.268 e. The van der Waals surface area contributed by atoms with Crippen molar-refractivity contribution < 1.29 is 0 Å². The maximum absolute atomic E-state index is 11.0. The summed E-state index contributed by atoms with van der Waals surface area (Å²) in [5.74, 6) is 0. The van der Waals surface area contributed by atoms with Crippen molar-refractivity contribution in [2.75, 3.05) is 0 Å². The van der Waals surface area contributed by atoms with Crippen LogP contribution < -0.4 is 5.56 Å². The third-order valence-electron chi connectivity index (χ3n) is 1.64. The van der Waals surface area contributed by atoms with E-state index in [2.05, 4.69) is 4.98 Å². The third-order valence-corrected chi connectivity index (χ3v) is 1.99. The van der Waals surface area contributed by atoms with Gasteiger partial charge in [-0.05, 0) is 12.1 Å². The van der Waals surface area contributed by atoms with E-state index in [0.29, 0.717) is 5.52 Å². The molecule has 0 aromatic carbocycles. The van der Waals surface area contributed by atoms with Gasteiger partial charge in [-0.15, -0.1) is 0 Å². The lowest BCUT2D eigenvalue weighted by Crippen LogP contribution is -2.10. The summed E-state index contributed by atoms with van der Waals surface area (Å²) in [6, 6.07) is 4.81. The first-order valence-electron chi connectivity index (χ1n) is 3.41. The van der Waals surface area contributed by atoms with E-state index in [1.165, 1.54) is 6.07 Å². The second-order valence-electron chi connectivity index (χ2n) is 2.39. The highest BCUT2D eigenvalue weighted by atomic mass is 35.5. The summed E-state index contributed by atoms with van der Waals surface area (Å²) in [4.78, 5) is 15.0. The van der Waals surface area contributed by atoms with Crippen LogP contribution in [0.4, 0.5) is 0 Å². The third kappa shape index (κ3) is 0.987. The average Bonchev–Trinajstić information content (AvgIpc) is 2.12. The fourth-order valence-corrected chi connectivity index (χ4v) is 1.26. The summed E-state index contributed by atoms with van der Waals surface area (Å²) < 4.78 is 1.08. The predicted octanol–water partition coefficient (Wildman–Crippen LogP) is 1.40. The molecule has 2 rings (SSSR count). The van der Waals surface area contributed by atoms with Gasteiger partial charge in [-0.3, -0.25) is 9.78 Å². The molecular formula is C8H5ClN2O. The highest BCUT2D eigenvalue weighted by Gasteiger charge is 1.98. The molecule has 0 aliphatic rings. The van der Waals surface area contributed by atoms with Gasteiger partial charge in [0.15, 0.2) is 0 Å². The number of hydrogen-bond acceptors (Lipinski definition) is 2. The Morgan fingerprint density at radius 2 is 2.17 bits per heavy atom. The van der Waals surface area contributed by atoms with Crippen molar-refractivity contribution in [3.8, 4) is 0 Å². The number of halogens is 1. The lowest BCUT2D eigenvalue weighted by molar-refractivity contribution is 1.18. The molecule has 0 N–H and O–H groups in total. The summed E-state index contributed by atoms with van der Waals surface area (Å²) in [6.07, 6.45) is 3.26. The van der Waals surface area contributed by atoms with Crippen molar-refractivity contribution in [2.24, 2.45) is 0 Å². The van der Waals surface area contributed by atoms with Gasteiger partial charge >= 0.3 is 0 Å². The zero-order valence-electron chi connectivity index (χ0n) is 6.07. The minimum absolute atomic E-state index is 0.227. The van der Waals surface area contributed by atoms with E-state index in [4.69, 9.17) is 11.8 Å². The van der Waals surface area contributed by atoms with E-state index >= 15 is 0 Å². The Hall–Kier alpha value is -1.35. The molecule has 0 bridgehead atoms. The van der Waals surface area contributed by atoms with Crippen molar-refractivity contribution in [1.82, 2.24) is 9.07 Å². The molecule has 3 nitrogen and oxygen atoms in total. The van der Waals surface area contributed by atoms with E-state index in [0.717, 1.165) is 9.47 Å². The van der Waals surface area contributed by atoms with Gasteiger partial charge in [-0.2, -0.15) is 0 Å². The SMILES string of the molecule is O=c1ccc2cnccc2n1Cl. The van der Waals surface area contributed by atoms with Gasteiger partial charge in [0, 0.05) is 35.6 Å². The van der Waals surface area contributed by atoms with Gasteiger partial charge in [-0.1, -0.05) is 0 Å². The summed E-state index contributed by atoms with van der Waals surface area (Å²) in [5, 5.41) is 0.854. The van der Waals surface area contributed by atoms with Gasteiger partial charge in [0.2, 0.25) is 0 Å². The second-order valence-corrected chi connectivity index (χ2v) is 2.72. The van der Waals surface area contributed by atoms with Crippen LogP contribution in [0.3, 0.4) is 0 Å². The number of rotatable bonds is 0. The van der Waals surface area contributed by atoms with Crippen LogP contribution in [0, 0.1) is 0 Å². The molecule has 0 atom stereocenters. The zero-order chi connectivity index (χ0) is 8.55. The van der Waals surface area contributed by atoms with Crippen molar-refractivity contribution in [3.63, 3.8) is 0 Å². The predicted molar refractivity (Wildman–Crippen MR) is 47.3 cm³/mol. The molecule has 0 unspecified atom stereocenters. The lowest BCUT2D eigenvalue weighted by atomic mass is 10.3. The maximum Gasteiger partial charge on any atom is 0.265 e. The average molecular weight is 181 g/mol. The molecule has 0 amide bonds. The Balaban J connectivity index is 3.01. The molecule has 0 radical (unpaired) electrons. The fourth-order valence-electron chi connectivity index (χ4n) is 1.05. The molecule has 2 aromatic heterocycles. The van der Waals surface area contributed by atoms with Crippen LogP contribution >= 0.6 is 11.8 Å². The van der Waals surface area contributed by atoms with Gasteiger partial charge < -0.3 is 0 Å².